The lowest BCUT2D eigenvalue weighted by Gasteiger charge is -2.03. The lowest BCUT2D eigenvalue weighted by atomic mass is 10.5. The van der Waals surface area contributed by atoms with Crippen LogP contribution in [0.4, 0.5) is 0 Å². The molecule has 0 aliphatic rings. The summed E-state index contributed by atoms with van der Waals surface area (Å²) in [5, 5.41) is 10.8. The lowest BCUT2D eigenvalue weighted by Crippen LogP contribution is -2.23. The van der Waals surface area contributed by atoms with Gasteiger partial charge < -0.3 is 9.84 Å². The third-order valence-corrected chi connectivity index (χ3v) is 4.05. The zero-order valence-electron chi connectivity index (χ0n) is 11.7. The number of rotatable bonds is 9. The molecule has 0 aliphatic carbocycles. The zero-order chi connectivity index (χ0) is 15.1. The Morgan fingerprint density at radius 1 is 1.38 bits per heavy atom. The fourth-order valence-corrected chi connectivity index (χ4v) is 2.55. The Labute approximate surface area is 122 Å². The highest BCUT2D eigenvalue weighted by Gasteiger charge is 2.17. The highest BCUT2D eigenvalue weighted by molar-refractivity contribution is 7.89. The van der Waals surface area contributed by atoms with Crippen molar-refractivity contribution in [2.75, 3.05) is 13.1 Å². The van der Waals surface area contributed by atoms with E-state index in [2.05, 4.69) is 36.7 Å². The van der Waals surface area contributed by atoms with Crippen molar-refractivity contribution in [3.63, 3.8) is 0 Å². The van der Waals surface area contributed by atoms with Crippen LogP contribution in [0, 0.1) is 0 Å². The highest BCUT2D eigenvalue weighted by Crippen LogP contribution is 2.07. The van der Waals surface area contributed by atoms with Crippen LogP contribution in [-0.2, 0) is 23.1 Å². The van der Waals surface area contributed by atoms with Crippen LogP contribution in [0.25, 0.3) is 0 Å². The van der Waals surface area contributed by atoms with Crippen molar-refractivity contribution in [2.45, 2.75) is 31.3 Å². The maximum atomic E-state index is 12.1. The summed E-state index contributed by atoms with van der Waals surface area (Å²) in [5.41, 5.74) is 0. The van der Waals surface area contributed by atoms with Crippen LogP contribution in [0.15, 0.2) is 28.2 Å². The molecule has 0 bridgehead atoms. The van der Waals surface area contributed by atoms with Gasteiger partial charge in [0.25, 0.3) is 0 Å². The Kier molecular flexibility index (Phi) is 5.42. The minimum atomic E-state index is -3.63. The van der Waals surface area contributed by atoms with Gasteiger partial charge in [-0.05, 0) is 13.0 Å². The quantitative estimate of drug-likeness (QED) is 0.613. The fraction of sp³-hybridized carbons (Fsp3) is 0.545. The van der Waals surface area contributed by atoms with Crippen LogP contribution in [-0.4, -0.2) is 41.4 Å². The van der Waals surface area contributed by atoms with Gasteiger partial charge in [-0.3, -0.25) is 4.68 Å². The Bertz CT molecular complexity index is 637. The second kappa shape index (κ2) is 7.29. The Balaban J connectivity index is 1.89. The van der Waals surface area contributed by atoms with Gasteiger partial charge in [-0.2, -0.15) is 10.1 Å². The Morgan fingerprint density at radius 2 is 2.24 bits per heavy atom. The molecule has 2 heterocycles. The monoisotopic (exact) mass is 314 g/mol. The lowest BCUT2D eigenvalue weighted by molar-refractivity contribution is 0.409. The van der Waals surface area contributed by atoms with Crippen molar-refractivity contribution in [3.05, 3.63) is 24.6 Å². The normalized spacial score (nSPS) is 11.9. The standard InChI is InChI=1S/C11H18N6O3S/c1-2-3-12-4-5-17-8-10(6-14-17)21(18,19)15-7-11-13-9-20-16-11/h6,8-9,12,15H,2-5,7H2,1H3. The van der Waals surface area contributed by atoms with Crippen molar-refractivity contribution >= 4 is 10.0 Å². The van der Waals surface area contributed by atoms with Crippen molar-refractivity contribution in [1.82, 2.24) is 30.0 Å². The molecule has 0 radical (unpaired) electrons. The first kappa shape index (κ1) is 15.6. The van der Waals surface area contributed by atoms with Crippen LogP contribution < -0.4 is 10.0 Å². The molecular formula is C11H18N6O3S. The molecule has 2 aromatic rings. The van der Waals surface area contributed by atoms with Crippen LogP contribution in [0.3, 0.4) is 0 Å². The van der Waals surface area contributed by atoms with E-state index in [9.17, 15) is 8.42 Å². The van der Waals surface area contributed by atoms with Gasteiger partial charge in [0.2, 0.25) is 16.4 Å². The highest BCUT2D eigenvalue weighted by atomic mass is 32.2. The molecule has 0 saturated heterocycles. The summed E-state index contributed by atoms with van der Waals surface area (Å²) in [6.07, 6.45) is 5.01. The topological polar surface area (TPSA) is 115 Å². The molecule has 0 fully saturated rings. The molecule has 0 aromatic carbocycles. The molecule has 0 amide bonds. The van der Waals surface area contributed by atoms with Gasteiger partial charge in [0.05, 0.1) is 19.3 Å². The number of nitrogens with zero attached hydrogens (tertiary/aromatic N) is 4. The van der Waals surface area contributed by atoms with E-state index in [1.807, 2.05) is 0 Å². The van der Waals surface area contributed by atoms with Gasteiger partial charge in [-0.1, -0.05) is 12.1 Å². The summed E-state index contributed by atoms with van der Waals surface area (Å²) in [7, 11) is -3.63. The van der Waals surface area contributed by atoms with Gasteiger partial charge in [-0.25, -0.2) is 13.1 Å². The molecule has 21 heavy (non-hydrogen) atoms. The summed E-state index contributed by atoms with van der Waals surface area (Å²) in [6.45, 7) is 4.34. The third-order valence-electron chi connectivity index (χ3n) is 2.69. The Hall–Kier alpha value is -1.78. The van der Waals surface area contributed by atoms with Gasteiger partial charge in [0.1, 0.15) is 4.90 Å². The summed E-state index contributed by atoms with van der Waals surface area (Å²) in [4.78, 5) is 3.85. The summed E-state index contributed by atoms with van der Waals surface area (Å²) in [5.74, 6) is 0.273. The molecule has 0 saturated carbocycles. The van der Waals surface area contributed by atoms with Crippen molar-refractivity contribution in [3.8, 4) is 0 Å². The first-order valence-corrected chi connectivity index (χ1v) is 8.08. The number of nitrogens with one attached hydrogen (secondary N) is 2. The van der Waals surface area contributed by atoms with Crippen molar-refractivity contribution in [1.29, 1.82) is 0 Å². The third kappa shape index (κ3) is 4.62. The molecule has 0 unspecified atom stereocenters. The smallest absolute Gasteiger partial charge is 0.244 e. The average Bonchev–Trinajstić information content (AvgIpc) is 3.13. The van der Waals surface area contributed by atoms with Crippen LogP contribution in [0.1, 0.15) is 19.2 Å². The molecule has 10 heteroatoms. The van der Waals surface area contributed by atoms with Gasteiger partial charge in [0, 0.05) is 12.7 Å². The minimum absolute atomic E-state index is 0.0257. The predicted octanol–water partition coefficient (Wildman–Crippen LogP) is -0.256. The second-order valence-electron chi connectivity index (χ2n) is 4.36. The number of aromatic nitrogens is 4. The van der Waals surface area contributed by atoms with Crippen LogP contribution >= 0.6 is 0 Å². The van der Waals surface area contributed by atoms with Crippen molar-refractivity contribution in [2.24, 2.45) is 0 Å². The van der Waals surface area contributed by atoms with Crippen LogP contribution in [0.5, 0.6) is 0 Å². The van der Waals surface area contributed by atoms with E-state index >= 15 is 0 Å². The second-order valence-corrected chi connectivity index (χ2v) is 6.13. The molecular weight excluding hydrogens is 296 g/mol. The molecule has 0 aliphatic heterocycles. The minimum Gasteiger partial charge on any atom is -0.343 e. The largest absolute Gasteiger partial charge is 0.343 e. The van der Waals surface area contributed by atoms with E-state index in [1.165, 1.54) is 12.4 Å². The number of hydrogen-bond acceptors (Lipinski definition) is 7. The maximum Gasteiger partial charge on any atom is 0.244 e. The fourth-order valence-electron chi connectivity index (χ4n) is 1.61. The average molecular weight is 314 g/mol. The predicted molar refractivity (Wildman–Crippen MR) is 73.7 cm³/mol. The van der Waals surface area contributed by atoms with Crippen LogP contribution in [0.2, 0.25) is 0 Å². The van der Waals surface area contributed by atoms with E-state index in [0.717, 1.165) is 25.9 Å². The molecule has 116 valence electrons. The summed E-state index contributed by atoms with van der Waals surface area (Å²) >= 11 is 0. The first-order chi connectivity index (χ1) is 10.1. The summed E-state index contributed by atoms with van der Waals surface area (Å²) in [6, 6.07) is 0. The van der Waals surface area contributed by atoms with E-state index in [-0.39, 0.29) is 17.3 Å². The zero-order valence-corrected chi connectivity index (χ0v) is 12.5. The molecule has 2 aromatic heterocycles. The van der Waals surface area contributed by atoms with E-state index in [1.54, 1.807) is 4.68 Å². The SMILES string of the molecule is CCCNCCn1cc(S(=O)(=O)NCc2ncon2)cn1. The van der Waals surface area contributed by atoms with Gasteiger partial charge >= 0.3 is 0 Å². The first-order valence-electron chi connectivity index (χ1n) is 6.60. The number of sulfonamides is 1. The Morgan fingerprint density at radius 3 is 2.95 bits per heavy atom. The molecule has 0 atom stereocenters. The maximum absolute atomic E-state index is 12.1. The van der Waals surface area contributed by atoms with E-state index in [0.29, 0.717) is 6.54 Å². The molecule has 0 spiro atoms. The van der Waals surface area contributed by atoms with Gasteiger partial charge in [-0.15, -0.1) is 0 Å². The van der Waals surface area contributed by atoms with E-state index < -0.39 is 10.0 Å². The van der Waals surface area contributed by atoms with E-state index in [4.69, 9.17) is 0 Å². The number of hydrogen-bond donors (Lipinski definition) is 2. The van der Waals surface area contributed by atoms with Gasteiger partial charge in [0.15, 0.2) is 5.82 Å². The van der Waals surface area contributed by atoms with Crippen molar-refractivity contribution < 1.29 is 12.9 Å². The molecule has 2 N–H and O–H groups in total. The molecule has 9 nitrogen and oxygen atoms in total. The summed E-state index contributed by atoms with van der Waals surface area (Å²) < 4.78 is 32.6. The molecule has 2 rings (SSSR count).